The fourth-order valence-electron chi connectivity index (χ4n) is 1.41. The maximum atomic E-state index is 12.9. The molecule has 0 unspecified atom stereocenters. The molecule has 0 aliphatic heterocycles. The molecule has 0 spiro atoms. The van der Waals surface area contributed by atoms with E-state index in [9.17, 15) is 9.50 Å². The first kappa shape index (κ1) is 8.97. The van der Waals surface area contributed by atoms with Gasteiger partial charge in [-0.25, -0.2) is 4.39 Å². The van der Waals surface area contributed by atoms with Gasteiger partial charge in [-0.1, -0.05) is 11.6 Å². The zero-order valence-electron chi connectivity index (χ0n) is 7.06. The van der Waals surface area contributed by atoms with Gasteiger partial charge in [-0.05, 0) is 36.6 Å². The summed E-state index contributed by atoms with van der Waals surface area (Å²) < 4.78 is 12.9. The van der Waals surface area contributed by atoms with Crippen LogP contribution in [-0.4, -0.2) is 10.7 Å². The van der Waals surface area contributed by atoms with Crippen LogP contribution < -0.4 is 0 Å². The molecule has 70 valence electrons. The Balaban J connectivity index is 2.20. The van der Waals surface area contributed by atoms with Crippen LogP contribution in [0.15, 0.2) is 18.2 Å². The summed E-state index contributed by atoms with van der Waals surface area (Å²) in [5.41, 5.74) is 0.182. The largest absolute Gasteiger partial charge is 0.390 e. The zero-order chi connectivity index (χ0) is 9.47. The van der Waals surface area contributed by atoms with Gasteiger partial charge in [0.25, 0.3) is 0 Å². The number of benzene rings is 1. The fraction of sp³-hybridized carbons (Fsp3) is 0.400. The van der Waals surface area contributed by atoms with Gasteiger partial charge >= 0.3 is 0 Å². The van der Waals surface area contributed by atoms with E-state index in [1.54, 1.807) is 6.07 Å². The second-order valence-electron chi connectivity index (χ2n) is 3.68. The SMILES string of the molecule is OC1(Cc2cc(F)cc(Cl)c2)CC1. The first-order chi connectivity index (χ1) is 6.07. The Morgan fingerprint density at radius 2 is 2.08 bits per heavy atom. The number of rotatable bonds is 2. The van der Waals surface area contributed by atoms with Gasteiger partial charge in [0, 0.05) is 11.4 Å². The van der Waals surface area contributed by atoms with E-state index in [2.05, 4.69) is 0 Å². The van der Waals surface area contributed by atoms with Crippen molar-refractivity contribution in [2.45, 2.75) is 24.9 Å². The lowest BCUT2D eigenvalue weighted by atomic mass is 10.1. The molecule has 1 aromatic carbocycles. The number of aliphatic hydroxyl groups is 1. The predicted octanol–water partition coefficient (Wildman–Crippen LogP) is 2.55. The summed E-state index contributed by atoms with van der Waals surface area (Å²) in [6.07, 6.45) is 2.12. The molecule has 3 heteroatoms. The van der Waals surface area contributed by atoms with Crippen LogP contribution >= 0.6 is 11.6 Å². The highest BCUT2D eigenvalue weighted by Crippen LogP contribution is 2.38. The summed E-state index contributed by atoms with van der Waals surface area (Å²) in [6.45, 7) is 0. The number of halogens is 2. The van der Waals surface area contributed by atoms with E-state index >= 15 is 0 Å². The maximum absolute atomic E-state index is 12.9. The molecule has 0 saturated heterocycles. The van der Waals surface area contributed by atoms with Crippen molar-refractivity contribution in [1.82, 2.24) is 0 Å². The van der Waals surface area contributed by atoms with Crippen molar-refractivity contribution in [3.63, 3.8) is 0 Å². The molecule has 0 heterocycles. The van der Waals surface area contributed by atoms with Crippen LogP contribution in [-0.2, 0) is 6.42 Å². The summed E-state index contributed by atoms with van der Waals surface area (Å²) >= 11 is 5.68. The Morgan fingerprint density at radius 3 is 2.62 bits per heavy atom. The van der Waals surface area contributed by atoms with E-state index in [1.807, 2.05) is 0 Å². The predicted molar refractivity (Wildman–Crippen MR) is 49.3 cm³/mol. The Hall–Kier alpha value is -0.600. The van der Waals surface area contributed by atoms with Gasteiger partial charge in [-0.15, -0.1) is 0 Å². The lowest BCUT2D eigenvalue weighted by Gasteiger charge is -2.07. The minimum atomic E-state index is -0.586. The van der Waals surface area contributed by atoms with Gasteiger partial charge in [-0.2, -0.15) is 0 Å². The molecule has 0 amide bonds. The second kappa shape index (κ2) is 2.96. The molecule has 0 bridgehead atoms. The highest BCUT2D eigenvalue weighted by Gasteiger charge is 2.40. The summed E-state index contributed by atoms with van der Waals surface area (Å²) in [7, 11) is 0. The van der Waals surface area contributed by atoms with Gasteiger partial charge in [-0.3, -0.25) is 0 Å². The third-order valence-electron chi connectivity index (χ3n) is 2.28. The topological polar surface area (TPSA) is 20.2 Å². The average molecular weight is 201 g/mol. The Labute approximate surface area is 81.1 Å². The van der Waals surface area contributed by atoms with Crippen LogP contribution in [0.4, 0.5) is 4.39 Å². The lowest BCUT2D eigenvalue weighted by molar-refractivity contribution is 0.151. The van der Waals surface area contributed by atoms with E-state index in [0.29, 0.717) is 11.4 Å². The summed E-state index contributed by atoms with van der Waals surface area (Å²) in [5.74, 6) is -0.341. The normalized spacial score (nSPS) is 18.7. The van der Waals surface area contributed by atoms with Crippen LogP contribution in [0, 0.1) is 5.82 Å². The van der Waals surface area contributed by atoms with Crippen molar-refractivity contribution in [3.05, 3.63) is 34.6 Å². The quantitative estimate of drug-likeness (QED) is 0.778. The molecule has 1 aliphatic carbocycles. The molecule has 1 aromatic rings. The lowest BCUT2D eigenvalue weighted by Crippen LogP contribution is -2.10. The van der Waals surface area contributed by atoms with E-state index in [0.717, 1.165) is 18.4 Å². The molecular weight excluding hydrogens is 191 g/mol. The Kier molecular flexibility index (Phi) is 2.05. The van der Waals surface area contributed by atoms with Crippen LogP contribution in [0.1, 0.15) is 18.4 Å². The average Bonchev–Trinajstić information content (AvgIpc) is 2.64. The van der Waals surface area contributed by atoms with E-state index < -0.39 is 5.60 Å². The standard InChI is InChI=1S/C10H10ClFO/c11-8-3-7(4-9(12)5-8)6-10(13)1-2-10/h3-5,13H,1-2,6H2. The van der Waals surface area contributed by atoms with Crippen LogP contribution in [0.3, 0.4) is 0 Å². The minimum Gasteiger partial charge on any atom is -0.390 e. The first-order valence-electron chi connectivity index (χ1n) is 4.25. The highest BCUT2D eigenvalue weighted by atomic mass is 35.5. The van der Waals surface area contributed by atoms with E-state index in [4.69, 9.17) is 11.6 Å². The molecule has 0 atom stereocenters. The molecule has 2 rings (SSSR count). The molecule has 0 radical (unpaired) electrons. The summed E-state index contributed by atoms with van der Waals surface area (Å²) in [5, 5.41) is 9.99. The van der Waals surface area contributed by atoms with Crippen LogP contribution in [0.25, 0.3) is 0 Å². The second-order valence-corrected chi connectivity index (χ2v) is 4.12. The monoisotopic (exact) mass is 200 g/mol. The van der Waals surface area contributed by atoms with Gasteiger partial charge < -0.3 is 5.11 Å². The van der Waals surface area contributed by atoms with Crippen molar-refractivity contribution in [1.29, 1.82) is 0 Å². The fourth-order valence-corrected chi connectivity index (χ4v) is 1.66. The van der Waals surface area contributed by atoms with Crippen LogP contribution in [0.5, 0.6) is 0 Å². The van der Waals surface area contributed by atoms with Gasteiger partial charge in [0.1, 0.15) is 5.82 Å². The van der Waals surface area contributed by atoms with E-state index in [1.165, 1.54) is 12.1 Å². The third-order valence-corrected chi connectivity index (χ3v) is 2.50. The molecular formula is C10H10ClFO. The summed E-state index contributed by atoms with van der Waals surface area (Å²) in [6, 6.07) is 4.38. The van der Waals surface area contributed by atoms with Crippen LogP contribution in [0.2, 0.25) is 5.02 Å². The molecule has 1 N–H and O–H groups in total. The maximum Gasteiger partial charge on any atom is 0.124 e. The Morgan fingerprint density at radius 1 is 1.38 bits per heavy atom. The summed E-state index contributed by atoms with van der Waals surface area (Å²) in [4.78, 5) is 0. The number of hydrogen-bond donors (Lipinski definition) is 1. The Bertz CT molecular complexity index is 313. The zero-order valence-corrected chi connectivity index (χ0v) is 7.81. The molecule has 1 nitrogen and oxygen atoms in total. The highest BCUT2D eigenvalue weighted by molar-refractivity contribution is 6.30. The smallest absolute Gasteiger partial charge is 0.124 e. The number of hydrogen-bond acceptors (Lipinski definition) is 1. The minimum absolute atomic E-state index is 0.341. The van der Waals surface area contributed by atoms with Crippen molar-refractivity contribution < 1.29 is 9.50 Å². The third kappa shape index (κ3) is 2.20. The van der Waals surface area contributed by atoms with Gasteiger partial charge in [0.2, 0.25) is 0 Å². The van der Waals surface area contributed by atoms with Gasteiger partial charge in [0.05, 0.1) is 5.60 Å². The molecule has 1 aliphatic rings. The van der Waals surface area contributed by atoms with Crippen molar-refractivity contribution >= 4 is 11.6 Å². The van der Waals surface area contributed by atoms with Crippen molar-refractivity contribution in [2.24, 2.45) is 0 Å². The molecule has 1 saturated carbocycles. The molecule has 1 fully saturated rings. The first-order valence-corrected chi connectivity index (χ1v) is 4.63. The van der Waals surface area contributed by atoms with Crippen molar-refractivity contribution in [2.75, 3.05) is 0 Å². The van der Waals surface area contributed by atoms with E-state index in [-0.39, 0.29) is 5.82 Å². The van der Waals surface area contributed by atoms with Gasteiger partial charge in [0.15, 0.2) is 0 Å². The molecule has 0 aromatic heterocycles. The molecule has 13 heavy (non-hydrogen) atoms. The van der Waals surface area contributed by atoms with Crippen molar-refractivity contribution in [3.8, 4) is 0 Å².